The van der Waals surface area contributed by atoms with Crippen molar-refractivity contribution in [2.24, 2.45) is 0 Å². The van der Waals surface area contributed by atoms with Gasteiger partial charge in [-0.15, -0.1) is 0 Å². The number of carbonyl (C=O) groups is 1. The highest BCUT2D eigenvalue weighted by Gasteiger charge is 2.22. The molecule has 0 aliphatic carbocycles. The van der Waals surface area contributed by atoms with Gasteiger partial charge in [0.15, 0.2) is 0 Å². The van der Waals surface area contributed by atoms with Crippen molar-refractivity contribution in [3.63, 3.8) is 0 Å². The molecule has 0 saturated carbocycles. The molecular weight excluding hydrogens is 342 g/mol. The summed E-state index contributed by atoms with van der Waals surface area (Å²) in [5.41, 5.74) is 0.629. The van der Waals surface area contributed by atoms with Gasteiger partial charge in [-0.25, -0.2) is 9.78 Å². The molecule has 2 rings (SSSR count). The van der Waals surface area contributed by atoms with E-state index in [1.165, 1.54) is 13.3 Å². The summed E-state index contributed by atoms with van der Waals surface area (Å²) in [6.07, 6.45) is 1.17. The van der Waals surface area contributed by atoms with Gasteiger partial charge in [0, 0.05) is 9.86 Å². The van der Waals surface area contributed by atoms with Crippen molar-refractivity contribution >= 4 is 44.2 Å². The highest BCUT2D eigenvalue weighted by molar-refractivity contribution is 9.10. The molecule has 0 aliphatic rings. The zero-order valence-electron chi connectivity index (χ0n) is 11.3. The minimum absolute atomic E-state index is 0.198. The third-order valence-electron chi connectivity index (χ3n) is 2.92. The van der Waals surface area contributed by atoms with Crippen LogP contribution in [0.25, 0.3) is 10.9 Å². The second-order valence-corrected chi connectivity index (χ2v) is 5.24. The molecule has 1 atom stereocenters. The molecule has 8 heteroatoms. The molecule has 1 heterocycles. The Kier molecular flexibility index (Phi) is 4.37. The van der Waals surface area contributed by atoms with E-state index in [0.717, 1.165) is 4.47 Å². The number of pyridine rings is 1. The van der Waals surface area contributed by atoms with Gasteiger partial charge >= 0.3 is 11.7 Å². The summed E-state index contributed by atoms with van der Waals surface area (Å²) in [4.78, 5) is 26.2. The van der Waals surface area contributed by atoms with E-state index in [2.05, 4.69) is 31.0 Å². The molecule has 2 aromatic rings. The first kappa shape index (κ1) is 15.2. The van der Waals surface area contributed by atoms with Gasteiger partial charge < -0.3 is 10.1 Å². The maximum atomic E-state index is 11.5. The number of hydrogen-bond acceptors (Lipinski definition) is 6. The highest BCUT2D eigenvalue weighted by atomic mass is 79.9. The second-order valence-electron chi connectivity index (χ2n) is 4.33. The Balaban J connectivity index is 2.61. The first-order chi connectivity index (χ1) is 9.93. The topological polar surface area (TPSA) is 94.4 Å². The molecule has 0 amide bonds. The van der Waals surface area contributed by atoms with Crippen molar-refractivity contribution < 1.29 is 14.5 Å². The van der Waals surface area contributed by atoms with Crippen LogP contribution in [0.3, 0.4) is 0 Å². The maximum absolute atomic E-state index is 11.5. The highest BCUT2D eigenvalue weighted by Crippen LogP contribution is 2.33. The Morgan fingerprint density at radius 1 is 1.52 bits per heavy atom. The number of rotatable bonds is 4. The Hall–Kier alpha value is -2.22. The number of esters is 1. The lowest BCUT2D eigenvalue weighted by Gasteiger charge is -2.14. The molecule has 0 spiro atoms. The van der Waals surface area contributed by atoms with Crippen LogP contribution in [0.15, 0.2) is 28.9 Å². The minimum atomic E-state index is -0.724. The largest absolute Gasteiger partial charge is 0.467 e. The molecule has 21 heavy (non-hydrogen) atoms. The third kappa shape index (κ3) is 3.10. The summed E-state index contributed by atoms with van der Waals surface area (Å²) < 4.78 is 5.38. The number of nitrogens with one attached hydrogen (secondary N) is 1. The van der Waals surface area contributed by atoms with Crippen LogP contribution in [0.1, 0.15) is 6.92 Å². The van der Waals surface area contributed by atoms with E-state index >= 15 is 0 Å². The van der Waals surface area contributed by atoms with Crippen LogP contribution in [0.5, 0.6) is 0 Å². The molecule has 1 N–H and O–H groups in total. The number of ether oxygens (including phenoxy) is 1. The van der Waals surface area contributed by atoms with Gasteiger partial charge in [0.25, 0.3) is 0 Å². The van der Waals surface area contributed by atoms with Crippen molar-refractivity contribution in [2.75, 3.05) is 12.4 Å². The molecule has 0 radical (unpaired) electrons. The molecule has 0 saturated heterocycles. The van der Waals surface area contributed by atoms with Gasteiger partial charge in [-0.3, -0.25) is 10.1 Å². The van der Waals surface area contributed by atoms with E-state index in [-0.39, 0.29) is 11.4 Å². The molecule has 0 fully saturated rings. The number of nitrogens with zero attached hydrogens (tertiary/aromatic N) is 2. The van der Waals surface area contributed by atoms with E-state index < -0.39 is 16.9 Å². The van der Waals surface area contributed by atoms with Crippen LogP contribution >= 0.6 is 15.9 Å². The van der Waals surface area contributed by atoms with E-state index in [1.807, 2.05) is 0 Å². The summed E-state index contributed by atoms with van der Waals surface area (Å²) in [5.74, 6) is -0.510. The fourth-order valence-corrected chi connectivity index (χ4v) is 2.26. The van der Waals surface area contributed by atoms with Crippen LogP contribution in [0.2, 0.25) is 0 Å². The first-order valence-electron chi connectivity index (χ1n) is 6.01. The van der Waals surface area contributed by atoms with E-state index in [9.17, 15) is 14.9 Å². The number of nitro groups is 1. The fourth-order valence-electron chi connectivity index (χ4n) is 1.90. The van der Waals surface area contributed by atoms with Crippen LogP contribution < -0.4 is 5.32 Å². The molecular formula is C13H12BrN3O4. The van der Waals surface area contributed by atoms with Gasteiger partial charge in [0.1, 0.15) is 17.9 Å². The Morgan fingerprint density at radius 3 is 2.86 bits per heavy atom. The van der Waals surface area contributed by atoms with Crippen molar-refractivity contribution in [1.82, 2.24) is 4.98 Å². The maximum Gasteiger partial charge on any atom is 0.327 e. The Morgan fingerprint density at radius 2 is 2.24 bits per heavy atom. The van der Waals surface area contributed by atoms with E-state index in [0.29, 0.717) is 10.9 Å². The number of fused-ring (bicyclic) bond motifs is 1. The zero-order chi connectivity index (χ0) is 15.6. The van der Waals surface area contributed by atoms with Crippen LogP contribution in [0, 0.1) is 10.1 Å². The lowest BCUT2D eigenvalue weighted by Crippen LogP contribution is -2.27. The lowest BCUT2D eigenvalue weighted by atomic mass is 10.1. The number of hydrogen-bond donors (Lipinski definition) is 1. The quantitative estimate of drug-likeness (QED) is 0.515. The number of aromatic nitrogens is 1. The molecule has 1 aromatic carbocycles. The van der Waals surface area contributed by atoms with Gasteiger partial charge in [0.2, 0.25) is 0 Å². The normalized spacial score (nSPS) is 12.0. The van der Waals surface area contributed by atoms with Crippen molar-refractivity contribution in [3.05, 3.63) is 39.0 Å². The number of anilines is 1. The SMILES string of the molecule is COC(=O)C(C)Nc1c([N+](=O)[O-])cnc2ccc(Br)cc12. The average molecular weight is 354 g/mol. The Bertz CT molecular complexity index is 720. The standard InChI is InChI=1S/C13H12BrN3O4/c1-7(13(18)21-2)16-12-9-5-8(14)3-4-10(9)15-6-11(12)17(19)20/h3-7H,1-2H3,(H,15,16). The molecule has 0 aliphatic heterocycles. The van der Waals surface area contributed by atoms with Crippen molar-refractivity contribution in [2.45, 2.75) is 13.0 Å². The van der Waals surface area contributed by atoms with E-state index in [1.54, 1.807) is 25.1 Å². The molecule has 7 nitrogen and oxygen atoms in total. The summed E-state index contributed by atoms with van der Waals surface area (Å²) in [7, 11) is 1.26. The number of carbonyl (C=O) groups excluding carboxylic acids is 1. The number of halogens is 1. The smallest absolute Gasteiger partial charge is 0.327 e. The summed E-state index contributed by atoms with van der Waals surface area (Å²) in [6.45, 7) is 1.57. The Labute approximate surface area is 128 Å². The monoisotopic (exact) mass is 353 g/mol. The summed E-state index contributed by atoms with van der Waals surface area (Å²) >= 11 is 3.32. The predicted octanol–water partition coefficient (Wildman–Crippen LogP) is 2.88. The fraction of sp³-hybridized carbons (Fsp3) is 0.231. The van der Waals surface area contributed by atoms with Gasteiger partial charge in [0.05, 0.1) is 17.5 Å². The minimum Gasteiger partial charge on any atom is -0.467 e. The average Bonchev–Trinajstić information content (AvgIpc) is 2.46. The molecule has 110 valence electrons. The van der Waals surface area contributed by atoms with Gasteiger partial charge in [-0.2, -0.15) is 0 Å². The molecule has 0 bridgehead atoms. The van der Waals surface area contributed by atoms with E-state index in [4.69, 9.17) is 0 Å². The third-order valence-corrected chi connectivity index (χ3v) is 3.42. The number of benzene rings is 1. The predicted molar refractivity (Wildman–Crippen MR) is 81.2 cm³/mol. The zero-order valence-corrected chi connectivity index (χ0v) is 12.9. The van der Waals surface area contributed by atoms with Crippen LogP contribution in [-0.4, -0.2) is 29.0 Å². The van der Waals surface area contributed by atoms with Gasteiger partial charge in [-0.05, 0) is 25.1 Å². The first-order valence-corrected chi connectivity index (χ1v) is 6.80. The molecule has 1 unspecified atom stereocenters. The summed E-state index contributed by atoms with van der Waals surface area (Å²) in [6, 6.07) is 4.51. The number of methoxy groups -OCH3 is 1. The van der Waals surface area contributed by atoms with Gasteiger partial charge in [-0.1, -0.05) is 15.9 Å². The van der Waals surface area contributed by atoms with Crippen LogP contribution in [0.4, 0.5) is 11.4 Å². The summed E-state index contributed by atoms with van der Waals surface area (Å²) in [5, 5.41) is 14.6. The van der Waals surface area contributed by atoms with Crippen LogP contribution in [-0.2, 0) is 9.53 Å². The second kappa shape index (κ2) is 6.04. The van der Waals surface area contributed by atoms with Crippen molar-refractivity contribution in [3.8, 4) is 0 Å². The molecule has 1 aromatic heterocycles. The van der Waals surface area contributed by atoms with Crippen molar-refractivity contribution in [1.29, 1.82) is 0 Å². The lowest BCUT2D eigenvalue weighted by molar-refractivity contribution is -0.384.